The molecule has 190 valence electrons. The number of rotatable bonds is 14. The van der Waals surface area contributed by atoms with Gasteiger partial charge in [-0.25, -0.2) is 4.79 Å². The summed E-state index contributed by atoms with van der Waals surface area (Å²) in [6.07, 6.45) is 1.65. The molecule has 34 heavy (non-hydrogen) atoms. The van der Waals surface area contributed by atoms with Gasteiger partial charge in [-0.05, 0) is 62.8 Å². The van der Waals surface area contributed by atoms with Crippen molar-refractivity contribution in [1.82, 2.24) is 16.0 Å². The molecule has 4 unspecified atom stereocenters. The zero-order valence-electron chi connectivity index (χ0n) is 19.9. The van der Waals surface area contributed by atoms with Gasteiger partial charge in [0, 0.05) is 0 Å². The Labute approximate surface area is 199 Å². The molecule has 0 saturated carbocycles. The smallest absolute Gasteiger partial charge is 0.326 e. The molecule has 4 atom stereocenters. The van der Waals surface area contributed by atoms with Crippen LogP contribution in [0, 0.1) is 5.92 Å². The van der Waals surface area contributed by atoms with Crippen molar-refractivity contribution >= 4 is 23.7 Å². The van der Waals surface area contributed by atoms with Crippen LogP contribution in [0.2, 0.25) is 0 Å². The fraction of sp³-hybridized carbons (Fsp3) is 0.565. The van der Waals surface area contributed by atoms with Gasteiger partial charge in [0.05, 0.1) is 6.04 Å². The molecule has 9 N–H and O–H groups in total. The summed E-state index contributed by atoms with van der Waals surface area (Å²) in [4.78, 5) is 49.3. The highest BCUT2D eigenvalue weighted by Crippen LogP contribution is 2.11. The van der Waals surface area contributed by atoms with Crippen molar-refractivity contribution in [1.29, 1.82) is 0 Å². The van der Waals surface area contributed by atoms with Gasteiger partial charge in [0.15, 0.2) is 0 Å². The maximum Gasteiger partial charge on any atom is 0.326 e. The predicted octanol–water partition coefficient (Wildman–Crippen LogP) is -0.394. The highest BCUT2D eigenvalue weighted by molar-refractivity contribution is 5.93. The summed E-state index contributed by atoms with van der Waals surface area (Å²) in [7, 11) is 0. The van der Waals surface area contributed by atoms with Crippen LogP contribution < -0.4 is 27.4 Å². The van der Waals surface area contributed by atoms with E-state index in [0.29, 0.717) is 19.4 Å². The number of carbonyl (C=O) groups is 4. The fourth-order valence-corrected chi connectivity index (χ4v) is 3.19. The minimum Gasteiger partial charge on any atom is -0.508 e. The van der Waals surface area contributed by atoms with Gasteiger partial charge in [-0.1, -0.05) is 26.0 Å². The summed E-state index contributed by atoms with van der Waals surface area (Å²) >= 11 is 0. The lowest BCUT2D eigenvalue weighted by atomic mass is 10.0. The van der Waals surface area contributed by atoms with Crippen LogP contribution in [0.3, 0.4) is 0 Å². The minimum atomic E-state index is -1.17. The third-order valence-corrected chi connectivity index (χ3v) is 5.29. The Kier molecular flexibility index (Phi) is 12.0. The van der Waals surface area contributed by atoms with E-state index in [4.69, 9.17) is 11.5 Å². The molecule has 0 fully saturated rings. The molecule has 11 nitrogen and oxygen atoms in total. The lowest BCUT2D eigenvalue weighted by Crippen LogP contribution is -2.57. The predicted molar refractivity (Wildman–Crippen MR) is 127 cm³/mol. The van der Waals surface area contributed by atoms with Crippen molar-refractivity contribution < 1.29 is 29.4 Å². The van der Waals surface area contributed by atoms with E-state index in [1.54, 1.807) is 26.0 Å². The summed E-state index contributed by atoms with van der Waals surface area (Å²) in [6, 6.07) is 2.27. The van der Waals surface area contributed by atoms with E-state index in [0.717, 1.165) is 5.56 Å². The number of unbranched alkanes of at least 4 members (excludes halogenated alkanes) is 1. The Morgan fingerprint density at radius 3 is 2.06 bits per heavy atom. The topological polar surface area (TPSA) is 197 Å². The molecule has 0 spiro atoms. The van der Waals surface area contributed by atoms with Crippen molar-refractivity contribution in [3.63, 3.8) is 0 Å². The van der Waals surface area contributed by atoms with Crippen LogP contribution in [-0.2, 0) is 25.6 Å². The number of amides is 3. The summed E-state index contributed by atoms with van der Waals surface area (Å²) in [5.74, 6) is -3.19. The molecular formula is C23H37N5O6. The van der Waals surface area contributed by atoms with Gasteiger partial charge in [0.25, 0.3) is 0 Å². The molecule has 1 rings (SSSR count). The molecule has 1 aromatic rings. The number of hydrogen-bond acceptors (Lipinski definition) is 7. The molecule has 0 aliphatic rings. The summed E-state index contributed by atoms with van der Waals surface area (Å²) in [6.45, 7) is 5.21. The van der Waals surface area contributed by atoms with E-state index >= 15 is 0 Å². The SMILES string of the molecule is CC(NC(=O)C(N)Cc1ccc(O)cc1)C(=O)NC(CCCCN)C(=O)NC(C(=O)O)C(C)C. The molecule has 0 aliphatic carbocycles. The Morgan fingerprint density at radius 2 is 1.53 bits per heavy atom. The van der Waals surface area contributed by atoms with Gasteiger partial charge < -0.3 is 37.6 Å². The zero-order chi connectivity index (χ0) is 25.8. The first-order valence-corrected chi connectivity index (χ1v) is 11.3. The lowest BCUT2D eigenvalue weighted by molar-refractivity contribution is -0.143. The number of carboxylic acids is 1. The number of phenols is 1. The first-order valence-electron chi connectivity index (χ1n) is 11.3. The van der Waals surface area contributed by atoms with E-state index in [1.807, 2.05) is 0 Å². The van der Waals surface area contributed by atoms with Crippen LogP contribution in [0.5, 0.6) is 5.75 Å². The standard InChI is InChI=1S/C23H37N5O6/c1-13(2)19(23(33)34)28-22(32)18(6-4-5-11-24)27-20(30)14(3)26-21(31)17(25)12-15-7-9-16(29)10-8-15/h7-10,13-14,17-19,29H,4-6,11-12,24-25H2,1-3H3,(H,26,31)(H,27,30)(H,28,32)(H,33,34). The van der Waals surface area contributed by atoms with Crippen LogP contribution in [0.4, 0.5) is 0 Å². The van der Waals surface area contributed by atoms with Crippen LogP contribution in [-0.4, -0.2) is 64.6 Å². The quantitative estimate of drug-likeness (QED) is 0.175. The molecule has 0 radical (unpaired) electrons. The lowest BCUT2D eigenvalue weighted by Gasteiger charge is -2.25. The summed E-state index contributed by atoms with van der Waals surface area (Å²) < 4.78 is 0. The molecular weight excluding hydrogens is 442 g/mol. The zero-order valence-corrected chi connectivity index (χ0v) is 19.9. The molecule has 0 aliphatic heterocycles. The number of carboxylic acid groups (broad SMARTS) is 1. The second-order valence-electron chi connectivity index (χ2n) is 8.62. The van der Waals surface area contributed by atoms with E-state index in [1.165, 1.54) is 19.1 Å². The number of nitrogens with two attached hydrogens (primary N) is 2. The van der Waals surface area contributed by atoms with Gasteiger partial charge >= 0.3 is 5.97 Å². The Morgan fingerprint density at radius 1 is 0.912 bits per heavy atom. The van der Waals surface area contributed by atoms with Crippen molar-refractivity contribution in [3.05, 3.63) is 29.8 Å². The van der Waals surface area contributed by atoms with Gasteiger partial charge in [-0.3, -0.25) is 14.4 Å². The van der Waals surface area contributed by atoms with Crippen LogP contribution in [0.15, 0.2) is 24.3 Å². The first-order chi connectivity index (χ1) is 16.0. The average Bonchev–Trinajstić information content (AvgIpc) is 2.77. The Bertz CT molecular complexity index is 830. The fourth-order valence-electron chi connectivity index (χ4n) is 3.19. The Balaban J connectivity index is 2.75. The maximum atomic E-state index is 12.7. The number of benzene rings is 1. The van der Waals surface area contributed by atoms with Gasteiger partial charge in [-0.2, -0.15) is 0 Å². The van der Waals surface area contributed by atoms with Gasteiger partial charge in [0.1, 0.15) is 23.9 Å². The van der Waals surface area contributed by atoms with Crippen molar-refractivity contribution in [2.45, 2.75) is 70.6 Å². The number of nitrogens with one attached hydrogen (secondary N) is 3. The van der Waals surface area contributed by atoms with Gasteiger partial charge in [0.2, 0.25) is 17.7 Å². The number of phenolic OH excluding ortho intramolecular Hbond substituents is 1. The number of aliphatic carboxylic acids is 1. The summed E-state index contributed by atoms with van der Waals surface area (Å²) in [5, 5.41) is 26.3. The minimum absolute atomic E-state index is 0.0974. The normalized spacial score (nSPS) is 14.5. The van der Waals surface area contributed by atoms with Crippen LogP contribution in [0.25, 0.3) is 0 Å². The third kappa shape index (κ3) is 9.75. The van der Waals surface area contributed by atoms with Crippen molar-refractivity contribution in [2.75, 3.05) is 6.54 Å². The van der Waals surface area contributed by atoms with Crippen LogP contribution >= 0.6 is 0 Å². The van der Waals surface area contributed by atoms with E-state index in [-0.39, 0.29) is 24.5 Å². The van der Waals surface area contributed by atoms with E-state index in [9.17, 15) is 29.4 Å². The summed E-state index contributed by atoms with van der Waals surface area (Å²) in [5.41, 5.74) is 12.2. The third-order valence-electron chi connectivity index (χ3n) is 5.29. The Hall–Kier alpha value is -3.18. The second-order valence-corrected chi connectivity index (χ2v) is 8.62. The molecule has 1 aromatic carbocycles. The number of hydrogen-bond donors (Lipinski definition) is 7. The monoisotopic (exact) mass is 479 g/mol. The first kappa shape index (κ1) is 28.9. The number of aromatic hydroxyl groups is 1. The average molecular weight is 480 g/mol. The second kappa shape index (κ2) is 14.2. The van der Waals surface area contributed by atoms with E-state index in [2.05, 4.69) is 16.0 Å². The van der Waals surface area contributed by atoms with Gasteiger partial charge in [-0.15, -0.1) is 0 Å². The van der Waals surface area contributed by atoms with Crippen molar-refractivity contribution in [2.24, 2.45) is 17.4 Å². The molecule has 0 bridgehead atoms. The maximum absolute atomic E-state index is 12.7. The van der Waals surface area contributed by atoms with Crippen molar-refractivity contribution in [3.8, 4) is 5.75 Å². The highest BCUT2D eigenvalue weighted by Gasteiger charge is 2.29. The van der Waals surface area contributed by atoms with Crippen LogP contribution in [0.1, 0.15) is 45.6 Å². The highest BCUT2D eigenvalue weighted by atomic mass is 16.4. The molecule has 0 aromatic heterocycles. The molecule has 11 heteroatoms. The molecule has 0 heterocycles. The largest absolute Gasteiger partial charge is 0.508 e. The molecule has 0 saturated heterocycles. The van der Waals surface area contributed by atoms with E-state index < -0.39 is 47.9 Å². The number of carbonyl (C=O) groups excluding carboxylic acids is 3. The molecule has 3 amide bonds.